The van der Waals surface area contributed by atoms with E-state index in [0.717, 1.165) is 56.9 Å². The standard InChI is InChI=1S/C29H36N6O4/c36-28(35-12-14-38-25(17-35)19-5-6-19)23-15-26(33-29(32-23)39-18-21-3-2-13-37-21)34-10-7-20(8-11-34)27-22-4-1-9-30-24(22)16-31-27/h1,4,9,15,19-21,25H,2-3,5-8,10-14,16-18H2/t21-,25?/m1/s1. The first-order valence-corrected chi connectivity index (χ1v) is 14.5. The lowest BCUT2D eigenvalue weighted by molar-refractivity contribution is -0.0315. The third-order valence-electron chi connectivity index (χ3n) is 8.63. The molecule has 0 N–H and O–H groups in total. The number of ether oxygens (including phenoxy) is 3. The van der Waals surface area contributed by atoms with Crippen molar-refractivity contribution in [1.82, 2.24) is 19.9 Å². The van der Waals surface area contributed by atoms with E-state index in [1.165, 1.54) is 24.1 Å². The molecule has 0 bridgehead atoms. The maximum absolute atomic E-state index is 13.6. The summed E-state index contributed by atoms with van der Waals surface area (Å²) in [6.07, 6.45) is 8.36. The van der Waals surface area contributed by atoms with E-state index in [1.807, 2.05) is 23.2 Å². The van der Waals surface area contributed by atoms with E-state index in [0.29, 0.717) is 50.4 Å². The van der Waals surface area contributed by atoms with Crippen LogP contribution in [-0.2, 0) is 16.0 Å². The van der Waals surface area contributed by atoms with Gasteiger partial charge in [0.05, 0.1) is 31.1 Å². The zero-order valence-electron chi connectivity index (χ0n) is 22.3. The molecule has 0 aromatic carbocycles. The molecule has 1 aliphatic carbocycles. The quantitative estimate of drug-likeness (QED) is 0.537. The molecule has 206 valence electrons. The smallest absolute Gasteiger partial charge is 0.319 e. The van der Waals surface area contributed by atoms with Gasteiger partial charge in [-0.25, -0.2) is 0 Å². The van der Waals surface area contributed by atoms with E-state index in [9.17, 15) is 4.79 Å². The van der Waals surface area contributed by atoms with Crippen LogP contribution >= 0.6 is 0 Å². The van der Waals surface area contributed by atoms with Crippen LogP contribution in [0.15, 0.2) is 29.4 Å². The van der Waals surface area contributed by atoms with Crippen LogP contribution in [0, 0.1) is 11.8 Å². The SMILES string of the molecule is O=C(c1cc(N2CCC(C3=NCc4ncccc43)CC2)nc(OC[C@H]2CCCO2)n1)N1CCOC(C2CC2)C1. The molecule has 3 saturated heterocycles. The molecule has 4 aliphatic heterocycles. The summed E-state index contributed by atoms with van der Waals surface area (Å²) in [6.45, 7) is 5.27. The highest BCUT2D eigenvalue weighted by Gasteiger charge is 2.37. The number of fused-ring (bicyclic) bond motifs is 1. The first-order valence-electron chi connectivity index (χ1n) is 14.5. The minimum Gasteiger partial charge on any atom is -0.461 e. The summed E-state index contributed by atoms with van der Waals surface area (Å²) in [5.41, 5.74) is 3.86. The lowest BCUT2D eigenvalue weighted by atomic mass is 9.88. The van der Waals surface area contributed by atoms with Crippen LogP contribution in [0.3, 0.4) is 0 Å². The monoisotopic (exact) mass is 532 g/mol. The average Bonchev–Trinajstić information content (AvgIpc) is 3.54. The molecular formula is C29H36N6O4. The zero-order valence-corrected chi connectivity index (χ0v) is 22.3. The van der Waals surface area contributed by atoms with Gasteiger partial charge in [-0.05, 0) is 56.6 Å². The lowest BCUT2D eigenvalue weighted by Gasteiger charge is -2.34. The minimum absolute atomic E-state index is 0.0512. The zero-order chi connectivity index (χ0) is 26.2. The first kappa shape index (κ1) is 24.9. The predicted molar refractivity (Wildman–Crippen MR) is 144 cm³/mol. The highest BCUT2D eigenvalue weighted by Crippen LogP contribution is 2.36. The number of carbonyl (C=O) groups is 1. The van der Waals surface area contributed by atoms with Gasteiger partial charge in [0.1, 0.15) is 18.1 Å². The predicted octanol–water partition coefficient (Wildman–Crippen LogP) is 2.90. The van der Waals surface area contributed by atoms with Crippen molar-refractivity contribution in [3.8, 4) is 6.01 Å². The van der Waals surface area contributed by atoms with Gasteiger partial charge in [-0.15, -0.1) is 0 Å². The summed E-state index contributed by atoms with van der Waals surface area (Å²) in [4.78, 5) is 36.4. The third-order valence-corrected chi connectivity index (χ3v) is 8.63. The normalized spacial score (nSPS) is 25.5. The molecule has 2 atom stereocenters. The Balaban J connectivity index is 1.08. The highest BCUT2D eigenvalue weighted by molar-refractivity contribution is 6.04. The molecule has 0 radical (unpaired) electrons. The van der Waals surface area contributed by atoms with E-state index in [1.54, 1.807) is 0 Å². The van der Waals surface area contributed by atoms with Crippen LogP contribution in [0.4, 0.5) is 5.82 Å². The number of aliphatic imine (C=N–C) groups is 1. The van der Waals surface area contributed by atoms with Crippen LogP contribution in [0.1, 0.15) is 60.3 Å². The van der Waals surface area contributed by atoms with Gasteiger partial charge in [-0.1, -0.05) is 0 Å². The van der Waals surface area contributed by atoms with E-state index in [-0.39, 0.29) is 24.1 Å². The lowest BCUT2D eigenvalue weighted by Crippen LogP contribution is -2.46. The molecule has 1 unspecified atom stereocenters. The fourth-order valence-electron chi connectivity index (χ4n) is 6.24. The Hall–Kier alpha value is -3.11. The summed E-state index contributed by atoms with van der Waals surface area (Å²) in [5, 5.41) is 0. The van der Waals surface area contributed by atoms with E-state index in [4.69, 9.17) is 24.2 Å². The van der Waals surface area contributed by atoms with Crippen molar-refractivity contribution < 1.29 is 19.0 Å². The summed E-state index contributed by atoms with van der Waals surface area (Å²) in [5.74, 6) is 1.66. The number of carbonyl (C=O) groups excluding carboxylic acids is 1. The molecular weight excluding hydrogens is 496 g/mol. The van der Waals surface area contributed by atoms with Gasteiger partial charge in [0.15, 0.2) is 0 Å². The summed E-state index contributed by atoms with van der Waals surface area (Å²) in [7, 11) is 0. The molecule has 2 aromatic rings. The van der Waals surface area contributed by atoms with Crippen molar-refractivity contribution >= 4 is 17.4 Å². The maximum Gasteiger partial charge on any atom is 0.319 e. The van der Waals surface area contributed by atoms with Crippen LogP contribution in [-0.4, -0.2) is 89.7 Å². The fourth-order valence-corrected chi connectivity index (χ4v) is 6.24. The number of hydrogen-bond acceptors (Lipinski definition) is 9. The Kier molecular flexibility index (Phi) is 6.90. The van der Waals surface area contributed by atoms with Crippen molar-refractivity contribution in [2.45, 2.75) is 57.3 Å². The topological polar surface area (TPSA) is 102 Å². The third kappa shape index (κ3) is 5.36. The van der Waals surface area contributed by atoms with Crippen molar-refractivity contribution in [3.63, 3.8) is 0 Å². The Labute approximate surface area is 228 Å². The Bertz CT molecular complexity index is 1240. The number of amides is 1. The minimum atomic E-state index is -0.0751. The van der Waals surface area contributed by atoms with Gasteiger partial charge in [0, 0.05) is 62.2 Å². The molecule has 4 fully saturated rings. The van der Waals surface area contributed by atoms with E-state index < -0.39 is 0 Å². The number of morpholine rings is 1. The molecule has 1 amide bonds. The van der Waals surface area contributed by atoms with Gasteiger partial charge in [-0.3, -0.25) is 14.8 Å². The van der Waals surface area contributed by atoms with Crippen LogP contribution in [0.25, 0.3) is 0 Å². The van der Waals surface area contributed by atoms with Gasteiger partial charge >= 0.3 is 6.01 Å². The molecule has 2 aromatic heterocycles. The average molecular weight is 533 g/mol. The van der Waals surface area contributed by atoms with Crippen LogP contribution in [0.5, 0.6) is 6.01 Å². The van der Waals surface area contributed by atoms with Crippen LogP contribution in [0.2, 0.25) is 0 Å². The van der Waals surface area contributed by atoms with Crippen molar-refractivity contribution in [2.75, 3.05) is 50.9 Å². The summed E-state index contributed by atoms with van der Waals surface area (Å²) < 4.78 is 17.7. The number of pyridine rings is 1. The number of aromatic nitrogens is 3. The van der Waals surface area contributed by atoms with Gasteiger partial charge in [0.2, 0.25) is 0 Å². The molecule has 5 aliphatic rings. The van der Waals surface area contributed by atoms with Gasteiger partial charge < -0.3 is 24.0 Å². The Morgan fingerprint density at radius 1 is 1.05 bits per heavy atom. The second-order valence-corrected chi connectivity index (χ2v) is 11.3. The van der Waals surface area contributed by atoms with Crippen molar-refractivity contribution in [2.24, 2.45) is 16.8 Å². The highest BCUT2D eigenvalue weighted by atomic mass is 16.5. The number of anilines is 1. The van der Waals surface area contributed by atoms with Gasteiger partial charge in [0.25, 0.3) is 5.91 Å². The molecule has 7 rings (SSSR count). The number of nitrogens with zero attached hydrogens (tertiary/aromatic N) is 6. The number of rotatable bonds is 7. The number of piperidine rings is 1. The summed E-state index contributed by atoms with van der Waals surface area (Å²) in [6, 6.07) is 6.23. The molecule has 1 saturated carbocycles. The van der Waals surface area contributed by atoms with E-state index >= 15 is 0 Å². The van der Waals surface area contributed by atoms with Crippen molar-refractivity contribution in [3.05, 3.63) is 41.3 Å². The maximum atomic E-state index is 13.6. The fraction of sp³-hybridized carbons (Fsp3) is 0.621. The van der Waals surface area contributed by atoms with E-state index in [2.05, 4.69) is 20.9 Å². The molecule has 0 spiro atoms. The molecule has 10 heteroatoms. The number of hydrogen-bond donors (Lipinski definition) is 0. The molecule has 6 heterocycles. The Morgan fingerprint density at radius 3 is 2.77 bits per heavy atom. The van der Waals surface area contributed by atoms with Crippen molar-refractivity contribution in [1.29, 1.82) is 0 Å². The second kappa shape index (κ2) is 10.8. The first-order chi connectivity index (χ1) is 19.2. The van der Waals surface area contributed by atoms with Gasteiger partial charge in [-0.2, -0.15) is 9.97 Å². The molecule has 10 nitrogen and oxygen atoms in total. The largest absolute Gasteiger partial charge is 0.461 e. The Morgan fingerprint density at radius 2 is 1.95 bits per heavy atom. The van der Waals surface area contributed by atoms with Crippen LogP contribution < -0.4 is 9.64 Å². The summed E-state index contributed by atoms with van der Waals surface area (Å²) >= 11 is 0. The molecule has 39 heavy (non-hydrogen) atoms. The second-order valence-electron chi connectivity index (χ2n) is 11.3.